The zero-order valence-corrected chi connectivity index (χ0v) is 27.0. The van der Waals surface area contributed by atoms with Crippen molar-refractivity contribution in [1.82, 2.24) is 15.0 Å². The van der Waals surface area contributed by atoms with Crippen molar-refractivity contribution in [2.24, 2.45) is 0 Å². The lowest BCUT2D eigenvalue weighted by Gasteiger charge is -2.10. The molecule has 0 amide bonds. The van der Waals surface area contributed by atoms with E-state index in [9.17, 15) is 0 Å². The van der Waals surface area contributed by atoms with E-state index in [0.717, 1.165) is 93.6 Å². The first-order chi connectivity index (χ1) is 25.3. The van der Waals surface area contributed by atoms with E-state index in [2.05, 4.69) is 48.5 Å². The Morgan fingerprint density at radius 2 is 0.784 bits per heavy atom. The predicted molar refractivity (Wildman–Crippen MR) is 203 cm³/mol. The van der Waals surface area contributed by atoms with Crippen LogP contribution >= 0.6 is 0 Å². The summed E-state index contributed by atoms with van der Waals surface area (Å²) >= 11 is 0. The normalized spacial score (nSPS) is 11.9. The highest BCUT2D eigenvalue weighted by Crippen LogP contribution is 2.44. The van der Waals surface area contributed by atoms with Crippen LogP contribution < -0.4 is 0 Å². The average Bonchev–Trinajstić information content (AvgIpc) is 3.89. The third-order valence-electron chi connectivity index (χ3n) is 9.76. The van der Waals surface area contributed by atoms with E-state index in [0.29, 0.717) is 17.5 Å². The van der Waals surface area contributed by atoms with Gasteiger partial charge in [0.05, 0.1) is 0 Å². The molecule has 0 aliphatic carbocycles. The number of hydrogen-bond donors (Lipinski definition) is 0. The number of fused-ring (bicyclic) bond motifs is 9. The van der Waals surface area contributed by atoms with Crippen molar-refractivity contribution in [3.63, 3.8) is 0 Å². The summed E-state index contributed by atoms with van der Waals surface area (Å²) < 4.78 is 19.1. The molecule has 6 heteroatoms. The summed E-state index contributed by atoms with van der Waals surface area (Å²) in [6.07, 6.45) is 0. The Labute approximate surface area is 290 Å². The van der Waals surface area contributed by atoms with E-state index in [1.807, 2.05) is 103 Å². The van der Waals surface area contributed by atoms with Crippen molar-refractivity contribution in [2.75, 3.05) is 0 Å². The molecular formula is C45H25N3O3. The molecule has 0 saturated heterocycles. The second-order valence-electron chi connectivity index (χ2n) is 12.7. The van der Waals surface area contributed by atoms with E-state index < -0.39 is 0 Å². The number of benzene rings is 7. The quantitative estimate of drug-likeness (QED) is 0.188. The van der Waals surface area contributed by atoms with Crippen LogP contribution in [-0.2, 0) is 0 Å². The summed E-state index contributed by atoms with van der Waals surface area (Å²) in [4.78, 5) is 15.3. The third kappa shape index (κ3) is 4.26. The largest absolute Gasteiger partial charge is 0.456 e. The van der Waals surface area contributed by atoms with Gasteiger partial charge in [0.15, 0.2) is 17.5 Å². The lowest BCUT2D eigenvalue weighted by atomic mass is 9.94. The molecule has 0 spiro atoms. The van der Waals surface area contributed by atoms with Crippen molar-refractivity contribution in [1.29, 1.82) is 0 Å². The highest BCUT2D eigenvalue weighted by atomic mass is 16.3. The maximum Gasteiger partial charge on any atom is 0.164 e. The Bertz CT molecular complexity index is 3150. The van der Waals surface area contributed by atoms with Gasteiger partial charge in [-0.05, 0) is 53.6 Å². The van der Waals surface area contributed by atoms with Gasteiger partial charge in [-0.15, -0.1) is 0 Å². The Balaban J connectivity index is 1.18. The summed E-state index contributed by atoms with van der Waals surface area (Å²) in [7, 11) is 0. The van der Waals surface area contributed by atoms with Crippen molar-refractivity contribution in [3.05, 3.63) is 152 Å². The second-order valence-corrected chi connectivity index (χ2v) is 12.7. The molecule has 6 nitrogen and oxygen atoms in total. The van der Waals surface area contributed by atoms with E-state index >= 15 is 0 Å². The van der Waals surface area contributed by atoms with Gasteiger partial charge in [0.1, 0.15) is 33.5 Å². The van der Waals surface area contributed by atoms with E-state index in [1.54, 1.807) is 0 Å². The predicted octanol–water partition coefficient (Wildman–Crippen LogP) is 12.2. The van der Waals surface area contributed by atoms with Gasteiger partial charge in [-0.2, -0.15) is 0 Å². The van der Waals surface area contributed by atoms with Crippen molar-refractivity contribution in [3.8, 4) is 45.3 Å². The molecule has 4 aromatic heterocycles. The number of para-hydroxylation sites is 2. The molecule has 11 rings (SSSR count). The lowest BCUT2D eigenvalue weighted by molar-refractivity contribution is 0.668. The Morgan fingerprint density at radius 3 is 1.55 bits per heavy atom. The minimum Gasteiger partial charge on any atom is -0.456 e. The molecule has 0 N–H and O–H groups in total. The smallest absolute Gasteiger partial charge is 0.164 e. The maximum absolute atomic E-state index is 6.56. The zero-order valence-electron chi connectivity index (χ0n) is 27.0. The van der Waals surface area contributed by atoms with Gasteiger partial charge in [-0.3, -0.25) is 0 Å². The van der Waals surface area contributed by atoms with Crippen LogP contribution in [0, 0.1) is 0 Å². The van der Waals surface area contributed by atoms with E-state index in [1.165, 1.54) is 0 Å². The molecular weight excluding hydrogens is 631 g/mol. The molecule has 0 bridgehead atoms. The summed E-state index contributed by atoms with van der Waals surface area (Å²) in [6.45, 7) is 0. The first-order valence-electron chi connectivity index (χ1n) is 16.9. The molecule has 11 aromatic rings. The number of nitrogens with zero attached hydrogens (tertiary/aromatic N) is 3. The van der Waals surface area contributed by atoms with Crippen LogP contribution in [0.3, 0.4) is 0 Å². The molecule has 0 unspecified atom stereocenters. The summed E-state index contributed by atoms with van der Waals surface area (Å²) in [6, 6.07) is 51.0. The second kappa shape index (κ2) is 10.7. The number of furan rings is 3. The fraction of sp³-hybridized carbons (Fsp3) is 0. The number of aromatic nitrogens is 3. The van der Waals surface area contributed by atoms with Gasteiger partial charge in [-0.1, -0.05) is 109 Å². The Kier molecular flexibility index (Phi) is 5.86. The van der Waals surface area contributed by atoms with Crippen molar-refractivity contribution >= 4 is 65.8 Å². The van der Waals surface area contributed by atoms with E-state index in [-0.39, 0.29) is 0 Å². The highest BCUT2D eigenvalue weighted by molar-refractivity contribution is 6.21. The minimum absolute atomic E-state index is 0.554. The molecule has 51 heavy (non-hydrogen) atoms. The molecule has 0 saturated carbocycles. The summed E-state index contributed by atoms with van der Waals surface area (Å²) in [5.74, 6) is 1.69. The summed E-state index contributed by atoms with van der Waals surface area (Å²) in [5, 5.41) is 6.21. The van der Waals surface area contributed by atoms with Gasteiger partial charge in [0, 0.05) is 49.0 Å². The first kappa shape index (κ1) is 27.9. The van der Waals surface area contributed by atoms with Crippen LogP contribution in [0.25, 0.3) is 111 Å². The molecule has 0 radical (unpaired) electrons. The van der Waals surface area contributed by atoms with Crippen LogP contribution in [0.2, 0.25) is 0 Å². The fourth-order valence-corrected chi connectivity index (χ4v) is 7.48. The third-order valence-corrected chi connectivity index (χ3v) is 9.76. The van der Waals surface area contributed by atoms with Crippen LogP contribution in [0.4, 0.5) is 0 Å². The van der Waals surface area contributed by atoms with Gasteiger partial charge < -0.3 is 13.3 Å². The van der Waals surface area contributed by atoms with Gasteiger partial charge in [-0.25, -0.2) is 15.0 Å². The zero-order chi connectivity index (χ0) is 33.5. The maximum atomic E-state index is 6.56. The average molecular weight is 656 g/mol. The van der Waals surface area contributed by atoms with Crippen molar-refractivity contribution in [2.45, 2.75) is 0 Å². The summed E-state index contributed by atoms with van der Waals surface area (Å²) in [5.41, 5.74) is 9.58. The molecule has 4 heterocycles. The topological polar surface area (TPSA) is 78.1 Å². The van der Waals surface area contributed by atoms with Gasteiger partial charge in [0.2, 0.25) is 0 Å². The number of hydrogen-bond acceptors (Lipinski definition) is 6. The van der Waals surface area contributed by atoms with Gasteiger partial charge >= 0.3 is 0 Å². The molecule has 0 aliphatic heterocycles. The monoisotopic (exact) mass is 655 g/mol. The van der Waals surface area contributed by atoms with Crippen LogP contribution in [0.15, 0.2) is 165 Å². The molecule has 0 atom stereocenters. The standard InChI is InChI=1S/C45H25N3O3/c1-2-11-26(12-3-1)43-46-44(27-23-24-29-28-13-4-6-18-34(28)50-39(29)25-27)48-45(47-43)33-17-10-22-38-42(33)41-31(16-9-21-37(41)51-38)30-15-8-20-36-40(30)32-14-5-7-19-35(32)49-36/h1-25H. The van der Waals surface area contributed by atoms with Crippen LogP contribution in [0.5, 0.6) is 0 Å². The Morgan fingerprint density at radius 1 is 0.294 bits per heavy atom. The SMILES string of the molecule is c1ccc(-c2nc(-c3ccc4c(c3)oc3ccccc34)nc(-c3cccc4oc5cccc(-c6cccc7oc8ccccc8c67)c5c34)n2)cc1. The molecule has 0 aliphatic rings. The lowest BCUT2D eigenvalue weighted by Crippen LogP contribution is -2.00. The first-order valence-corrected chi connectivity index (χ1v) is 16.9. The molecule has 7 aromatic carbocycles. The number of rotatable bonds is 4. The van der Waals surface area contributed by atoms with Crippen LogP contribution in [0.1, 0.15) is 0 Å². The van der Waals surface area contributed by atoms with E-state index in [4.69, 9.17) is 28.2 Å². The minimum atomic E-state index is 0.554. The van der Waals surface area contributed by atoms with Gasteiger partial charge in [0.25, 0.3) is 0 Å². The fourth-order valence-electron chi connectivity index (χ4n) is 7.48. The molecule has 0 fully saturated rings. The highest BCUT2D eigenvalue weighted by Gasteiger charge is 2.22. The van der Waals surface area contributed by atoms with Crippen LogP contribution in [-0.4, -0.2) is 15.0 Å². The Hall–Kier alpha value is -7.05. The van der Waals surface area contributed by atoms with Crippen molar-refractivity contribution < 1.29 is 13.3 Å². The molecule has 238 valence electrons.